The Kier molecular flexibility index (Phi) is 5.09. The number of amides is 2. The summed E-state index contributed by atoms with van der Waals surface area (Å²) in [6.07, 6.45) is 0.719. The first-order valence-corrected chi connectivity index (χ1v) is 7.08. The molecule has 1 saturated heterocycles. The van der Waals surface area contributed by atoms with E-state index in [2.05, 4.69) is 5.32 Å². The highest BCUT2D eigenvalue weighted by Gasteiger charge is 2.32. The molecular formula is C14H19ClN2O3. The van der Waals surface area contributed by atoms with Crippen LogP contribution in [0.15, 0.2) is 24.3 Å². The minimum Gasteiger partial charge on any atom is -0.487 e. The Hall–Kier alpha value is -1.46. The molecule has 2 N–H and O–H groups in total. The molecule has 1 fully saturated rings. The first-order chi connectivity index (χ1) is 9.62. The maximum atomic E-state index is 11.8. The van der Waals surface area contributed by atoms with Crippen molar-refractivity contribution in [3.63, 3.8) is 0 Å². The van der Waals surface area contributed by atoms with E-state index in [4.69, 9.17) is 21.4 Å². The molecule has 1 aliphatic heterocycles. The summed E-state index contributed by atoms with van der Waals surface area (Å²) in [4.78, 5) is 13.5. The van der Waals surface area contributed by atoms with Gasteiger partial charge in [0.2, 0.25) is 0 Å². The zero-order chi connectivity index (χ0) is 14.5. The van der Waals surface area contributed by atoms with Crippen LogP contribution in [0, 0.1) is 0 Å². The van der Waals surface area contributed by atoms with Crippen LogP contribution in [0.2, 0.25) is 5.02 Å². The zero-order valence-corrected chi connectivity index (χ0v) is 12.1. The maximum Gasteiger partial charge on any atom is 0.317 e. The summed E-state index contributed by atoms with van der Waals surface area (Å²) >= 11 is 5.80. The van der Waals surface area contributed by atoms with Crippen molar-refractivity contribution in [3.8, 4) is 5.75 Å². The van der Waals surface area contributed by atoms with Crippen LogP contribution >= 0.6 is 11.6 Å². The molecule has 0 aliphatic carbocycles. The van der Waals surface area contributed by atoms with Crippen molar-refractivity contribution >= 4 is 17.6 Å². The van der Waals surface area contributed by atoms with Crippen molar-refractivity contribution < 1.29 is 14.6 Å². The fourth-order valence-corrected chi connectivity index (χ4v) is 2.05. The summed E-state index contributed by atoms with van der Waals surface area (Å²) in [5.74, 6) is 0.751. The molecule has 0 aromatic heterocycles. The number of ether oxygens (including phenoxy) is 1. The number of hydrogen-bond acceptors (Lipinski definition) is 3. The number of rotatable bonds is 5. The van der Waals surface area contributed by atoms with Gasteiger partial charge in [-0.3, -0.25) is 0 Å². The SMILES string of the molecule is CC[C@H](CO)NC(=O)N1CC(Oc2ccc(Cl)cc2)C1. The van der Waals surface area contributed by atoms with Gasteiger partial charge >= 0.3 is 6.03 Å². The molecule has 0 radical (unpaired) electrons. The van der Waals surface area contributed by atoms with Gasteiger partial charge in [-0.15, -0.1) is 0 Å². The minimum absolute atomic E-state index is 0.0103. The summed E-state index contributed by atoms with van der Waals surface area (Å²) < 4.78 is 5.71. The molecule has 1 aromatic rings. The Morgan fingerprint density at radius 3 is 2.70 bits per heavy atom. The van der Waals surface area contributed by atoms with E-state index in [0.717, 1.165) is 5.75 Å². The van der Waals surface area contributed by atoms with Crippen molar-refractivity contribution in [3.05, 3.63) is 29.3 Å². The number of aliphatic hydroxyl groups is 1. The zero-order valence-electron chi connectivity index (χ0n) is 11.4. The monoisotopic (exact) mass is 298 g/mol. The lowest BCUT2D eigenvalue weighted by Crippen LogP contribution is -2.60. The second-order valence-electron chi connectivity index (χ2n) is 4.84. The van der Waals surface area contributed by atoms with Crippen molar-refractivity contribution in [2.45, 2.75) is 25.5 Å². The standard InChI is InChI=1S/C14H19ClN2O3/c1-2-11(9-18)16-14(19)17-7-13(8-17)20-12-5-3-10(15)4-6-12/h3-6,11,13,18H,2,7-9H2,1H3,(H,16,19)/t11-/m1/s1. The van der Waals surface area contributed by atoms with Crippen LogP contribution in [0.5, 0.6) is 5.75 Å². The van der Waals surface area contributed by atoms with Crippen LogP contribution < -0.4 is 10.1 Å². The van der Waals surface area contributed by atoms with Crippen molar-refractivity contribution in [2.24, 2.45) is 0 Å². The molecule has 2 rings (SSSR count). The number of hydrogen-bond donors (Lipinski definition) is 2. The number of nitrogens with zero attached hydrogens (tertiary/aromatic N) is 1. The Morgan fingerprint density at radius 2 is 2.15 bits per heavy atom. The van der Waals surface area contributed by atoms with E-state index in [1.807, 2.05) is 19.1 Å². The molecule has 0 unspecified atom stereocenters. The van der Waals surface area contributed by atoms with E-state index >= 15 is 0 Å². The lowest BCUT2D eigenvalue weighted by Gasteiger charge is -2.39. The maximum absolute atomic E-state index is 11.8. The average molecular weight is 299 g/mol. The van der Waals surface area contributed by atoms with Crippen LogP contribution in [0.1, 0.15) is 13.3 Å². The molecule has 110 valence electrons. The number of aliphatic hydroxyl groups excluding tert-OH is 1. The van der Waals surface area contributed by atoms with E-state index in [9.17, 15) is 4.79 Å². The first-order valence-electron chi connectivity index (χ1n) is 6.71. The van der Waals surface area contributed by atoms with E-state index in [0.29, 0.717) is 24.5 Å². The van der Waals surface area contributed by atoms with E-state index < -0.39 is 0 Å². The van der Waals surface area contributed by atoms with Gasteiger partial charge in [0.25, 0.3) is 0 Å². The largest absolute Gasteiger partial charge is 0.487 e. The Bertz CT molecular complexity index is 442. The van der Waals surface area contributed by atoms with Crippen LogP contribution in [-0.2, 0) is 0 Å². The summed E-state index contributed by atoms with van der Waals surface area (Å²) in [6, 6.07) is 6.83. The minimum atomic E-state index is -0.182. The highest BCUT2D eigenvalue weighted by Crippen LogP contribution is 2.20. The third kappa shape index (κ3) is 3.77. The van der Waals surface area contributed by atoms with Gasteiger partial charge in [-0.25, -0.2) is 4.79 Å². The Labute approximate surface area is 123 Å². The molecule has 0 saturated carbocycles. The van der Waals surface area contributed by atoms with Gasteiger partial charge < -0.3 is 20.1 Å². The van der Waals surface area contributed by atoms with Crippen LogP contribution in [0.4, 0.5) is 4.79 Å². The molecule has 1 heterocycles. The second kappa shape index (κ2) is 6.81. The molecule has 5 nitrogen and oxygen atoms in total. The van der Waals surface area contributed by atoms with Crippen molar-refractivity contribution in [2.75, 3.05) is 19.7 Å². The number of urea groups is 1. The molecule has 1 aromatic carbocycles. The quantitative estimate of drug-likeness (QED) is 0.872. The summed E-state index contributed by atoms with van der Waals surface area (Å²) in [7, 11) is 0. The lowest BCUT2D eigenvalue weighted by molar-refractivity contribution is 0.0425. The Balaban J connectivity index is 1.74. The van der Waals surface area contributed by atoms with Gasteiger partial charge in [-0.1, -0.05) is 18.5 Å². The van der Waals surface area contributed by atoms with E-state index in [1.54, 1.807) is 17.0 Å². The fourth-order valence-electron chi connectivity index (χ4n) is 1.93. The van der Waals surface area contributed by atoms with Crippen molar-refractivity contribution in [1.82, 2.24) is 10.2 Å². The van der Waals surface area contributed by atoms with Crippen LogP contribution in [0.3, 0.4) is 0 Å². The van der Waals surface area contributed by atoms with E-state index in [1.165, 1.54) is 0 Å². The molecular weight excluding hydrogens is 280 g/mol. The molecule has 1 aliphatic rings. The Morgan fingerprint density at radius 1 is 1.50 bits per heavy atom. The lowest BCUT2D eigenvalue weighted by atomic mass is 10.1. The molecule has 2 amide bonds. The highest BCUT2D eigenvalue weighted by molar-refractivity contribution is 6.30. The number of carbonyl (C=O) groups excluding carboxylic acids is 1. The third-order valence-electron chi connectivity index (χ3n) is 3.29. The molecule has 0 bridgehead atoms. The van der Waals surface area contributed by atoms with Gasteiger partial charge in [0.1, 0.15) is 11.9 Å². The van der Waals surface area contributed by atoms with Gasteiger partial charge in [0.05, 0.1) is 25.7 Å². The number of nitrogens with one attached hydrogen (secondary N) is 1. The predicted molar refractivity (Wildman–Crippen MR) is 77.1 cm³/mol. The summed E-state index contributed by atoms with van der Waals surface area (Å²) in [6.45, 7) is 2.98. The van der Waals surface area contributed by atoms with Crippen LogP contribution in [-0.4, -0.2) is 47.9 Å². The highest BCUT2D eigenvalue weighted by atomic mass is 35.5. The van der Waals surface area contributed by atoms with E-state index in [-0.39, 0.29) is 24.8 Å². The first kappa shape index (κ1) is 14.9. The van der Waals surface area contributed by atoms with Crippen LogP contribution in [0.25, 0.3) is 0 Å². The molecule has 0 spiro atoms. The third-order valence-corrected chi connectivity index (χ3v) is 3.54. The summed E-state index contributed by atoms with van der Waals surface area (Å²) in [5.41, 5.74) is 0. The second-order valence-corrected chi connectivity index (χ2v) is 5.27. The normalized spacial score (nSPS) is 16.4. The van der Waals surface area contributed by atoms with Gasteiger partial charge in [0.15, 0.2) is 0 Å². The van der Waals surface area contributed by atoms with Gasteiger partial charge in [-0.05, 0) is 30.7 Å². The number of halogens is 1. The topological polar surface area (TPSA) is 61.8 Å². The smallest absolute Gasteiger partial charge is 0.317 e. The number of carbonyl (C=O) groups is 1. The van der Waals surface area contributed by atoms with Crippen molar-refractivity contribution in [1.29, 1.82) is 0 Å². The fraction of sp³-hybridized carbons (Fsp3) is 0.500. The summed E-state index contributed by atoms with van der Waals surface area (Å²) in [5, 5.41) is 12.5. The molecule has 1 atom stereocenters. The predicted octanol–water partition coefficient (Wildman–Crippen LogP) is 1.88. The van der Waals surface area contributed by atoms with Gasteiger partial charge in [0, 0.05) is 5.02 Å². The number of likely N-dealkylation sites (tertiary alicyclic amines) is 1. The molecule has 20 heavy (non-hydrogen) atoms. The number of benzene rings is 1. The average Bonchev–Trinajstić information content (AvgIpc) is 2.41. The van der Waals surface area contributed by atoms with Gasteiger partial charge in [-0.2, -0.15) is 0 Å². The molecule has 6 heteroatoms.